The van der Waals surface area contributed by atoms with Gasteiger partial charge in [-0.25, -0.2) is 5.43 Å². The maximum atomic E-state index is 12.2. The number of nitrogens with one attached hydrogen (secondary N) is 1. The number of rotatable bonds is 3. The Bertz CT molecular complexity index is 627. The summed E-state index contributed by atoms with van der Waals surface area (Å²) in [4.78, 5) is 24.8. The molecular formula is C14H15N3O4. The van der Waals surface area contributed by atoms with Crippen LogP contribution in [0.5, 0.6) is 11.5 Å². The Kier molecular flexibility index (Phi) is 3.47. The summed E-state index contributed by atoms with van der Waals surface area (Å²) in [5.41, 5.74) is 3.64. The number of amides is 2. The summed E-state index contributed by atoms with van der Waals surface area (Å²) in [6, 6.07) is 5.58. The van der Waals surface area contributed by atoms with Crippen molar-refractivity contribution in [2.45, 2.75) is 19.4 Å². The van der Waals surface area contributed by atoms with Gasteiger partial charge in [-0.05, 0) is 17.7 Å². The van der Waals surface area contributed by atoms with Crippen molar-refractivity contribution in [2.75, 3.05) is 13.8 Å². The lowest BCUT2D eigenvalue weighted by atomic mass is 10.1. The Morgan fingerprint density at radius 1 is 1.33 bits per heavy atom. The summed E-state index contributed by atoms with van der Waals surface area (Å²) < 4.78 is 10.6. The molecule has 2 heterocycles. The zero-order valence-corrected chi connectivity index (χ0v) is 11.6. The lowest BCUT2D eigenvalue weighted by Gasteiger charge is -2.20. The van der Waals surface area contributed by atoms with Crippen molar-refractivity contribution >= 4 is 17.5 Å². The highest BCUT2D eigenvalue weighted by molar-refractivity contribution is 6.39. The van der Waals surface area contributed by atoms with Crippen molar-refractivity contribution in [1.82, 2.24) is 10.3 Å². The molecule has 0 saturated heterocycles. The molecule has 1 aromatic rings. The van der Waals surface area contributed by atoms with Gasteiger partial charge in [0.1, 0.15) is 5.71 Å². The Labute approximate surface area is 121 Å². The second-order valence-electron chi connectivity index (χ2n) is 4.94. The van der Waals surface area contributed by atoms with Crippen LogP contribution < -0.4 is 14.9 Å². The SMILES string of the molecule is CN(Cc1ccc2c(c1)OCO2)C(=O)C1=NNC(=O)CC1. The van der Waals surface area contributed by atoms with E-state index in [0.717, 1.165) is 5.56 Å². The summed E-state index contributed by atoms with van der Waals surface area (Å²) in [5.74, 6) is 1.06. The standard InChI is InChI=1S/C14H15N3O4/c1-17(14(19)10-3-5-13(18)16-15-10)7-9-2-4-11-12(6-9)21-8-20-11/h2,4,6H,3,5,7-8H2,1H3,(H,16,18). The van der Waals surface area contributed by atoms with Gasteiger partial charge in [0, 0.05) is 26.4 Å². The molecular weight excluding hydrogens is 274 g/mol. The summed E-state index contributed by atoms with van der Waals surface area (Å²) in [6.45, 7) is 0.659. The largest absolute Gasteiger partial charge is 0.454 e. The van der Waals surface area contributed by atoms with Crippen molar-refractivity contribution < 1.29 is 19.1 Å². The third kappa shape index (κ3) is 2.81. The van der Waals surface area contributed by atoms with E-state index in [4.69, 9.17) is 9.47 Å². The number of hydrazone groups is 1. The quantitative estimate of drug-likeness (QED) is 0.885. The summed E-state index contributed by atoms with van der Waals surface area (Å²) in [7, 11) is 1.70. The van der Waals surface area contributed by atoms with E-state index in [1.165, 1.54) is 0 Å². The third-order valence-corrected chi connectivity index (χ3v) is 3.35. The average Bonchev–Trinajstić information content (AvgIpc) is 2.95. The van der Waals surface area contributed by atoms with Crippen LogP contribution in [0.15, 0.2) is 23.3 Å². The first-order valence-corrected chi connectivity index (χ1v) is 6.63. The number of hydrogen-bond donors (Lipinski definition) is 1. The number of hydrogen-bond acceptors (Lipinski definition) is 5. The lowest BCUT2D eigenvalue weighted by Crippen LogP contribution is -2.37. The van der Waals surface area contributed by atoms with Gasteiger partial charge in [-0.1, -0.05) is 6.07 Å². The molecule has 7 nitrogen and oxygen atoms in total. The van der Waals surface area contributed by atoms with Gasteiger partial charge >= 0.3 is 0 Å². The molecule has 1 N–H and O–H groups in total. The number of benzene rings is 1. The van der Waals surface area contributed by atoms with Crippen LogP contribution in [0.25, 0.3) is 0 Å². The summed E-state index contributed by atoms with van der Waals surface area (Å²) in [5, 5.41) is 3.81. The maximum Gasteiger partial charge on any atom is 0.270 e. The maximum absolute atomic E-state index is 12.2. The highest BCUT2D eigenvalue weighted by atomic mass is 16.7. The van der Waals surface area contributed by atoms with Crippen molar-refractivity contribution in [3.8, 4) is 11.5 Å². The topological polar surface area (TPSA) is 80.2 Å². The predicted octanol–water partition coefficient (Wildman–Crippen LogP) is 0.640. The monoisotopic (exact) mass is 289 g/mol. The fourth-order valence-corrected chi connectivity index (χ4v) is 2.23. The minimum Gasteiger partial charge on any atom is -0.454 e. The second-order valence-corrected chi connectivity index (χ2v) is 4.94. The van der Waals surface area contributed by atoms with Crippen LogP contribution in [-0.2, 0) is 16.1 Å². The highest BCUT2D eigenvalue weighted by Gasteiger charge is 2.22. The fourth-order valence-electron chi connectivity index (χ4n) is 2.23. The van der Waals surface area contributed by atoms with Crippen LogP contribution in [0.3, 0.4) is 0 Å². The average molecular weight is 289 g/mol. The van der Waals surface area contributed by atoms with E-state index in [9.17, 15) is 9.59 Å². The molecule has 3 rings (SSSR count). The summed E-state index contributed by atoms with van der Waals surface area (Å²) >= 11 is 0. The molecule has 1 aromatic carbocycles. The van der Waals surface area contributed by atoms with Crippen LogP contribution in [0, 0.1) is 0 Å². The van der Waals surface area contributed by atoms with Crippen molar-refractivity contribution in [3.63, 3.8) is 0 Å². The molecule has 2 aliphatic heterocycles. The Morgan fingerprint density at radius 3 is 2.90 bits per heavy atom. The van der Waals surface area contributed by atoms with Crippen LogP contribution in [-0.4, -0.2) is 36.3 Å². The molecule has 0 aromatic heterocycles. The number of fused-ring (bicyclic) bond motifs is 1. The highest BCUT2D eigenvalue weighted by Crippen LogP contribution is 2.32. The lowest BCUT2D eigenvalue weighted by molar-refractivity contribution is -0.124. The molecule has 110 valence electrons. The zero-order valence-electron chi connectivity index (χ0n) is 11.6. The van der Waals surface area contributed by atoms with Gasteiger partial charge in [0.2, 0.25) is 12.7 Å². The molecule has 2 aliphatic rings. The molecule has 2 amide bonds. The van der Waals surface area contributed by atoms with E-state index in [1.807, 2.05) is 18.2 Å². The predicted molar refractivity (Wildman–Crippen MR) is 73.9 cm³/mol. The molecule has 0 radical (unpaired) electrons. The first-order valence-electron chi connectivity index (χ1n) is 6.63. The molecule has 21 heavy (non-hydrogen) atoms. The molecule has 0 saturated carbocycles. The van der Waals surface area contributed by atoms with E-state index in [1.54, 1.807) is 11.9 Å². The van der Waals surface area contributed by atoms with Crippen LogP contribution in [0.2, 0.25) is 0 Å². The van der Waals surface area contributed by atoms with Gasteiger partial charge in [-0.2, -0.15) is 5.10 Å². The molecule has 7 heteroatoms. The van der Waals surface area contributed by atoms with Gasteiger partial charge in [-0.15, -0.1) is 0 Å². The van der Waals surface area contributed by atoms with E-state index >= 15 is 0 Å². The minimum atomic E-state index is -0.187. The number of carbonyl (C=O) groups is 2. The second kappa shape index (κ2) is 5.43. The number of nitrogens with zero attached hydrogens (tertiary/aromatic N) is 2. The smallest absolute Gasteiger partial charge is 0.270 e. The van der Waals surface area contributed by atoms with E-state index in [2.05, 4.69) is 10.5 Å². The molecule has 0 atom stereocenters. The Hall–Kier alpha value is -2.57. The van der Waals surface area contributed by atoms with Crippen LogP contribution >= 0.6 is 0 Å². The number of carbonyl (C=O) groups excluding carboxylic acids is 2. The first-order chi connectivity index (χ1) is 10.1. The minimum absolute atomic E-state index is 0.162. The van der Waals surface area contributed by atoms with Crippen molar-refractivity contribution in [2.24, 2.45) is 5.10 Å². The van der Waals surface area contributed by atoms with E-state index in [0.29, 0.717) is 36.6 Å². The molecule has 0 bridgehead atoms. The number of ether oxygens (including phenoxy) is 2. The Morgan fingerprint density at radius 2 is 2.14 bits per heavy atom. The van der Waals surface area contributed by atoms with Gasteiger partial charge in [0.05, 0.1) is 0 Å². The van der Waals surface area contributed by atoms with Gasteiger partial charge < -0.3 is 14.4 Å². The van der Waals surface area contributed by atoms with Crippen LogP contribution in [0.4, 0.5) is 0 Å². The molecule has 0 fully saturated rings. The molecule has 0 aliphatic carbocycles. The zero-order chi connectivity index (χ0) is 14.8. The van der Waals surface area contributed by atoms with Crippen molar-refractivity contribution in [1.29, 1.82) is 0 Å². The third-order valence-electron chi connectivity index (χ3n) is 3.35. The Balaban J connectivity index is 1.67. The fraction of sp³-hybridized carbons (Fsp3) is 0.357. The van der Waals surface area contributed by atoms with E-state index in [-0.39, 0.29) is 18.6 Å². The van der Waals surface area contributed by atoms with Crippen molar-refractivity contribution in [3.05, 3.63) is 23.8 Å². The van der Waals surface area contributed by atoms with Crippen LogP contribution in [0.1, 0.15) is 18.4 Å². The van der Waals surface area contributed by atoms with Gasteiger partial charge in [0.15, 0.2) is 11.5 Å². The summed E-state index contributed by atoms with van der Waals surface area (Å²) in [6.07, 6.45) is 0.665. The molecule has 0 unspecified atom stereocenters. The normalized spacial score (nSPS) is 16.2. The molecule has 0 spiro atoms. The van der Waals surface area contributed by atoms with Gasteiger partial charge in [0.25, 0.3) is 5.91 Å². The van der Waals surface area contributed by atoms with Gasteiger partial charge in [-0.3, -0.25) is 9.59 Å². The van der Waals surface area contributed by atoms with E-state index < -0.39 is 0 Å². The first kappa shape index (κ1) is 13.4.